The molecule has 3 nitrogen and oxygen atoms in total. The topological polar surface area (TPSA) is 29.6 Å². The molecule has 0 saturated heterocycles. The molecule has 2 rings (SSSR count). The highest BCUT2D eigenvalue weighted by Gasteiger charge is 1.92. The number of hydrogen-bond acceptors (Lipinski definition) is 2. The van der Waals surface area contributed by atoms with Gasteiger partial charge in [-0.1, -0.05) is 18.2 Å². The molecule has 1 aromatic carbocycles. The van der Waals surface area contributed by atoms with E-state index < -0.39 is 0 Å². The van der Waals surface area contributed by atoms with E-state index in [4.69, 9.17) is 0 Å². The fraction of sp³-hybridized carbons (Fsp3) is 0.0909. The fourth-order valence-electron chi connectivity index (χ4n) is 1.16. The van der Waals surface area contributed by atoms with Crippen molar-refractivity contribution in [3.8, 4) is 0 Å². The van der Waals surface area contributed by atoms with E-state index in [2.05, 4.69) is 10.2 Å². The summed E-state index contributed by atoms with van der Waals surface area (Å²) in [6.07, 6.45) is 1.94. The quantitative estimate of drug-likeness (QED) is 0.641. The second kappa shape index (κ2) is 3.87. The lowest BCUT2D eigenvalue weighted by molar-refractivity contribution is 0.910. The van der Waals surface area contributed by atoms with E-state index in [-0.39, 0.29) is 0 Å². The van der Waals surface area contributed by atoms with Gasteiger partial charge in [0.1, 0.15) is 0 Å². The monoisotopic (exact) mass is 185 g/mol. The lowest BCUT2D eigenvalue weighted by Crippen LogP contribution is -1.80. The Morgan fingerprint density at radius 3 is 2.36 bits per heavy atom. The number of nitrogens with zero attached hydrogens (tertiary/aromatic N) is 3. The molecule has 14 heavy (non-hydrogen) atoms. The Labute approximate surface area is 82.7 Å². The molecule has 0 unspecified atom stereocenters. The zero-order chi connectivity index (χ0) is 9.80. The predicted molar refractivity (Wildman–Crippen MR) is 56.0 cm³/mol. The van der Waals surface area contributed by atoms with Gasteiger partial charge >= 0.3 is 0 Å². The molecule has 0 spiro atoms. The first kappa shape index (κ1) is 8.69. The van der Waals surface area contributed by atoms with E-state index in [9.17, 15) is 0 Å². The summed E-state index contributed by atoms with van der Waals surface area (Å²) in [5.74, 6) is 0.855. The molecule has 0 bridgehead atoms. The van der Waals surface area contributed by atoms with Gasteiger partial charge in [-0.2, -0.15) is 0 Å². The van der Waals surface area contributed by atoms with Crippen LogP contribution in [0.4, 0.5) is 11.5 Å². The Balaban J connectivity index is 2.20. The molecule has 0 amide bonds. The molecule has 0 aliphatic rings. The third-order valence-corrected chi connectivity index (χ3v) is 1.94. The highest BCUT2D eigenvalue weighted by atomic mass is 15.2. The summed E-state index contributed by atoms with van der Waals surface area (Å²) >= 11 is 0. The van der Waals surface area contributed by atoms with Crippen molar-refractivity contribution in [2.45, 2.75) is 0 Å². The Morgan fingerprint density at radius 1 is 0.929 bits per heavy atom. The van der Waals surface area contributed by atoms with E-state index in [1.807, 2.05) is 60.3 Å². The van der Waals surface area contributed by atoms with Crippen LogP contribution >= 0.6 is 0 Å². The highest BCUT2D eigenvalue weighted by molar-refractivity contribution is 5.36. The van der Waals surface area contributed by atoms with Gasteiger partial charge in [-0.05, 0) is 24.3 Å². The zero-order valence-corrected chi connectivity index (χ0v) is 7.96. The molecule has 0 aliphatic heterocycles. The molecule has 3 heteroatoms. The Kier molecular flexibility index (Phi) is 2.40. The van der Waals surface area contributed by atoms with Crippen LogP contribution in [0.5, 0.6) is 0 Å². The number of hydrogen-bond donors (Lipinski definition) is 0. The van der Waals surface area contributed by atoms with Crippen LogP contribution in [-0.2, 0) is 7.05 Å². The summed E-state index contributed by atoms with van der Waals surface area (Å²) in [5, 5.41) is 8.24. The maximum Gasteiger partial charge on any atom is 0.154 e. The summed E-state index contributed by atoms with van der Waals surface area (Å²) in [5.41, 5.74) is 0.869. The second-order valence-corrected chi connectivity index (χ2v) is 3.01. The van der Waals surface area contributed by atoms with Crippen molar-refractivity contribution >= 4 is 11.5 Å². The Hall–Kier alpha value is -1.90. The van der Waals surface area contributed by atoms with Crippen LogP contribution in [-0.4, -0.2) is 4.57 Å². The van der Waals surface area contributed by atoms with E-state index in [0.717, 1.165) is 11.5 Å². The van der Waals surface area contributed by atoms with Gasteiger partial charge in [0.2, 0.25) is 0 Å². The molecule has 2 aromatic rings. The first-order chi connectivity index (χ1) is 6.86. The molecule has 0 N–H and O–H groups in total. The van der Waals surface area contributed by atoms with Crippen LogP contribution in [0, 0.1) is 0 Å². The van der Waals surface area contributed by atoms with E-state index in [0.29, 0.717) is 0 Å². The lowest BCUT2D eigenvalue weighted by Gasteiger charge is -1.93. The van der Waals surface area contributed by atoms with E-state index >= 15 is 0 Å². The Bertz CT molecular complexity index is 429. The summed E-state index contributed by atoms with van der Waals surface area (Å²) in [4.78, 5) is 0. The van der Waals surface area contributed by atoms with Crippen molar-refractivity contribution in [1.82, 2.24) is 4.57 Å². The van der Waals surface area contributed by atoms with E-state index in [1.165, 1.54) is 0 Å². The van der Waals surface area contributed by atoms with Crippen molar-refractivity contribution in [2.24, 2.45) is 17.3 Å². The minimum atomic E-state index is 0.855. The van der Waals surface area contributed by atoms with Crippen LogP contribution in [0.1, 0.15) is 0 Å². The molecule has 0 saturated carbocycles. The van der Waals surface area contributed by atoms with Crippen molar-refractivity contribution in [2.75, 3.05) is 0 Å². The van der Waals surface area contributed by atoms with Crippen LogP contribution in [0.2, 0.25) is 0 Å². The number of aromatic nitrogens is 1. The third kappa shape index (κ3) is 1.88. The summed E-state index contributed by atoms with van der Waals surface area (Å²) in [6.45, 7) is 0. The number of benzene rings is 1. The molecular formula is C11H11N3. The lowest BCUT2D eigenvalue weighted by atomic mass is 10.3. The van der Waals surface area contributed by atoms with Crippen LogP contribution < -0.4 is 0 Å². The van der Waals surface area contributed by atoms with Gasteiger partial charge in [-0.15, -0.1) is 10.2 Å². The molecule has 0 fully saturated rings. The summed E-state index contributed by atoms with van der Waals surface area (Å²) in [6, 6.07) is 13.6. The minimum absolute atomic E-state index is 0.855. The first-order valence-corrected chi connectivity index (χ1v) is 4.44. The predicted octanol–water partition coefficient (Wildman–Crippen LogP) is 3.44. The molecule has 0 aliphatic carbocycles. The highest BCUT2D eigenvalue weighted by Crippen LogP contribution is 2.16. The Morgan fingerprint density at radius 2 is 1.71 bits per heavy atom. The molecule has 0 atom stereocenters. The average molecular weight is 185 g/mol. The first-order valence-electron chi connectivity index (χ1n) is 4.44. The van der Waals surface area contributed by atoms with E-state index in [1.54, 1.807) is 0 Å². The largest absolute Gasteiger partial charge is 0.335 e. The number of aryl methyl sites for hydroxylation is 1. The van der Waals surface area contributed by atoms with Gasteiger partial charge in [0.25, 0.3) is 0 Å². The van der Waals surface area contributed by atoms with Crippen molar-refractivity contribution < 1.29 is 0 Å². The minimum Gasteiger partial charge on any atom is -0.335 e. The van der Waals surface area contributed by atoms with Gasteiger partial charge in [-0.25, -0.2) is 0 Å². The molecule has 1 aromatic heterocycles. The third-order valence-electron chi connectivity index (χ3n) is 1.94. The van der Waals surface area contributed by atoms with Crippen molar-refractivity contribution in [1.29, 1.82) is 0 Å². The van der Waals surface area contributed by atoms with Crippen LogP contribution in [0.15, 0.2) is 58.9 Å². The standard InChI is InChI=1S/C11H11N3/c1-14-9-5-8-11(14)13-12-10-6-3-2-4-7-10/h2-9H,1H3/b13-12+. The molecule has 70 valence electrons. The SMILES string of the molecule is Cn1cccc1/N=N/c1ccccc1. The summed E-state index contributed by atoms with van der Waals surface area (Å²) < 4.78 is 1.92. The molecular weight excluding hydrogens is 174 g/mol. The molecule has 0 radical (unpaired) electrons. The second-order valence-electron chi connectivity index (χ2n) is 3.01. The van der Waals surface area contributed by atoms with Gasteiger partial charge in [0, 0.05) is 13.2 Å². The van der Waals surface area contributed by atoms with Gasteiger partial charge in [0.15, 0.2) is 5.82 Å². The number of azo groups is 1. The van der Waals surface area contributed by atoms with Gasteiger partial charge in [0.05, 0.1) is 5.69 Å². The van der Waals surface area contributed by atoms with Gasteiger partial charge in [-0.3, -0.25) is 0 Å². The maximum absolute atomic E-state index is 4.12. The fourth-order valence-corrected chi connectivity index (χ4v) is 1.16. The normalized spacial score (nSPS) is 10.9. The van der Waals surface area contributed by atoms with Crippen LogP contribution in [0.25, 0.3) is 0 Å². The van der Waals surface area contributed by atoms with Crippen LogP contribution in [0.3, 0.4) is 0 Å². The number of rotatable bonds is 2. The summed E-state index contributed by atoms with van der Waals surface area (Å²) in [7, 11) is 1.94. The average Bonchev–Trinajstić information content (AvgIpc) is 2.63. The molecule has 1 heterocycles. The maximum atomic E-state index is 4.12. The zero-order valence-electron chi connectivity index (χ0n) is 7.96. The van der Waals surface area contributed by atoms with Gasteiger partial charge < -0.3 is 4.57 Å². The van der Waals surface area contributed by atoms with Crippen molar-refractivity contribution in [3.05, 3.63) is 48.7 Å². The van der Waals surface area contributed by atoms with Crippen molar-refractivity contribution in [3.63, 3.8) is 0 Å². The smallest absolute Gasteiger partial charge is 0.154 e.